The van der Waals surface area contributed by atoms with E-state index in [0.29, 0.717) is 22.9 Å². The number of nitrogens with zero attached hydrogens (tertiary/aromatic N) is 3. The van der Waals surface area contributed by atoms with E-state index in [0.717, 1.165) is 5.56 Å². The van der Waals surface area contributed by atoms with Gasteiger partial charge in [-0.15, -0.1) is 0 Å². The molecular formula is C14H10ClN3O3. The van der Waals surface area contributed by atoms with Crippen molar-refractivity contribution >= 4 is 28.9 Å². The number of nitro groups is 1. The van der Waals surface area contributed by atoms with Crippen molar-refractivity contribution in [3.8, 4) is 0 Å². The lowest BCUT2D eigenvalue weighted by Gasteiger charge is -2.17. The van der Waals surface area contributed by atoms with E-state index in [1.165, 1.54) is 12.1 Å². The molecule has 0 radical (unpaired) electrons. The molecule has 21 heavy (non-hydrogen) atoms. The molecular weight excluding hydrogens is 294 g/mol. The predicted octanol–water partition coefficient (Wildman–Crippen LogP) is 2.73. The second-order valence-electron chi connectivity index (χ2n) is 4.68. The number of halogens is 1. The number of pyridine rings is 1. The Morgan fingerprint density at radius 3 is 2.90 bits per heavy atom. The quantitative estimate of drug-likeness (QED) is 0.496. The smallest absolute Gasteiger partial charge is 0.269 e. The summed E-state index contributed by atoms with van der Waals surface area (Å²) in [5.41, 5.74) is 2.07. The Hall–Kier alpha value is -2.47. The van der Waals surface area contributed by atoms with E-state index in [9.17, 15) is 14.9 Å². The highest BCUT2D eigenvalue weighted by molar-refractivity contribution is 6.30. The second kappa shape index (κ2) is 5.14. The monoisotopic (exact) mass is 303 g/mol. The van der Waals surface area contributed by atoms with Crippen molar-refractivity contribution in [2.24, 2.45) is 0 Å². The summed E-state index contributed by atoms with van der Waals surface area (Å²) in [5.74, 6) is -0.106. The molecule has 0 aliphatic carbocycles. The van der Waals surface area contributed by atoms with Crippen LogP contribution in [0.3, 0.4) is 0 Å². The van der Waals surface area contributed by atoms with Crippen LogP contribution < -0.4 is 4.90 Å². The zero-order chi connectivity index (χ0) is 15.0. The molecule has 1 aromatic carbocycles. The molecule has 1 aromatic heterocycles. The van der Waals surface area contributed by atoms with Crippen molar-refractivity contribution in [1.29, 1.82) is 0 Å². The molecule has 0 N–H and O–H groups in total. The Morgan fingerprint density at radius 2 is 2.19 bits per heavy atom. The summed E-state index contributed by atoms with van der Waals surface area (Å²) in [6.07, 6.45) is 1.74. The molecule has 0 unspecified atom stereocenters. The third-order valence-corrected chi connectivity index (χ3v) is 3.71. The topological polar surface area (TPSA) is 76.3 Å². The van der Waals surface area contributed by atoms with Gasteiger partial charge in [0.1, 0.15) is 5.15 Å². The second-order valence-corrected chi connectivity index (χ2v) is 5.04. The van der Waals surface area contributed by atoms with Crippen molar-refractivity contribution in [2.45, 2.75) is 13.0 Å². The van der Waals surface area contributed by atoms with Crippen molar-refractivity contribution in [1.82, 2.24) is 4.98 Å². The summed E-state index contributed by atoms with van der Waals surface area (Å²) in [6, 6.07) is 7.99. The zero-order valence-corrected chi connectivity index (χ0v) is 11.6. The summed E-state index contributed by atoms with van der Waals surface area (Å²) in [5, 5.41) is 11.1. The highest BCUT2D eigenvalue weighted by Gasteiger charge is 2.29. The van der Waals surface area contributed by atoms with Gasteiger partial charge >= 0.3 is 0 Å². The maximum atomic E-state index is 12.1. The van der Waals surface area contributed by atoms with Crippen molar-refractivity contribution < 1.29 is 9.72 Å². The molecule has 6 nitrogen and oxygen atoms in total. The van der Waals surface area contributed by atoms with Crippen LogP contribution in [-0.2, 0) is 17.8 Å². The molecule has 2 heterocycles. The van der Waals surface area contributed by atoms with Crippen LogP contribution in [0.5, 0.6) is 0 Å². The van der Waals surface area contributed by atoms with Gasteiger partial charge in [-0.05, 0) is 17.7 Å². The van der Waals surface area contributed by atoms with E-state index in [4.69, 9.17) is 11.6 Å². The van der Waals surface area contributed by atoms with Crippen LogP contribution in [0.2, 0.25) is 5.15 Å². The van der Waals surface area contributed by atoms with Gasteiger partial charge in [-0.3, -0.25) is 14.9 Å². The molecule has 0 saturated heterocycles. The largest absolute Gasteiger partial charge is 0.307 e. The standard InChI is InChI=1S/C14H10ClN3O3/c15-14-9(2-1-5-16-14)8-17-12-4-3-11(18(20)21)6-10(12)7-13(17)19/h1-6H,7-8H2. The van der Waals surface area contributed by atoms with Gasteiger partial charge in [-0.2, -0.15) is 0 Å². The molecule has 1 amide bonds. The Morgan fingerprint density at radius 1 is 1.38 bits per heavy atom. The van der Waals surface area contributed by atoms with Crippen LogP contribution >= 0.6 is 11.6 Å². The van der Waals surface area contributed by atoms with E-state index in [1.807, 2.05) is 0 Å². The lowest BCUT2D eigenvalue weighted by molar-refractivity contribution is -0.384. The third kappa shape index (κ3) is 2.45. The highest BCUT2D eigenvalue weighted by atomic mass is 35.5. The first kappa shape index (κ1) is 13.5. The number of carbonyl (C=O) groups is 1. The lowest BCUT2D eigenvalue weighted by Crippen LogP contribution is -2.26. The van der Waals surface area contributed by atoms with E-state index in [1.54, 1.807) is 29.3 Å². The number of non-ortho nitro benzene ring substituents is 1. The van der Waals surface area contributed by atoms with Crippen LogP contribution in [0, 0.1) is 10.1 Å². The summed E-state index contributed by atoms with van der Waals surface area (Å²) < 4.78 is 0. The van der Waals surface area contributed by atoms with Crippen molar-refractivity contribution in [2.75, 3.05) is 4.90 Å². The van der Waals surface area contributed by atoms with Gasteiger partial charge in [0.05, 0.1) is 17.9 Å². The molecule has 1 aliphatic rings. The normalized spacial score (nSPS) is 13.4. The lowest BCUT2D eigenvalue weighted by atomic mass is 10.1. The summed E-state index contributed by atoms with van der Waals surface area (Å²) in [4.78, 5) is 28.0. The predicted molar refractivity (Wildman–Crippen MR) is 77.2 cm³/mol. The van der Waals surface area contributed by atoms with Crippen LogP contribution in [0.15, 0.2) is 36.5 Å². The number of fused-ring (bicyclic) bond motifs is 1. The minimum atomic E-state index is -0.467. The van der Waals surface area contributed by atoms with Gasteiger partial charge in [-0.25, -0.2) is 4.98 Å². The summed E-state index contributed by atoms with van der Waals surface area (Å²) >= 11 is 6.01. The minimum absolute atomic E-state index is 0.0113. The molecule has 7 heteroatoms. The van der Waals surface area contributed by atoms with Crippen LogP contribution in [0.1, 0.15) is 11.1 Å². The summed E-state index contributed by atoms with van der Waals surface area (Å²) in [6.45, 7) is 0.302. The van der Waals surface area contributed by atoms with Crippen LogP contribution in [-0.4, -0.2) is 15.8 Å². The Bertz CT molecular complexity index is 748. The number of benzene rings is 1. The Labute approximate surface area is 125 Å². The first-order valence-corrected chi connectivity index (χ1v) is 6.61. The molecule has 2 aromatic rings. The van der Waals surface area contributed by atoms with E-state index < -0.39 is 4.92 Å². The van der Waals surface area contributed by atoms with E-state index >= 15 is 0 Å². The molecule has 0 spiro atoms. The van der Waals surface area contributed by atoms with Gasteiger partial charge in [0.2, 0.25) is 5.91 Å². The molecule has 0 saturated carbocycles. The van der Waals surface area contributed by atoms with Crippen LogP contribution in [0.25, 0.3) is 0 Å². The average Bonchev–Trinajstić information content (AvgIpc) is 2.76. The van der Waals surface area contributed by atoms with Gasteiger partial charge in [0, 0.05) is 29.6 Å². The fourth-order valence-electron chi connectivity index (χ4n) is 2.36. The first-order chi connectivity index (χ1) is 10.1. The van der Waals surface area contributed by atoms with Gasteiger partial charge in [0.25, 0.3) is 5.69 Å². The number of nitro benzene ring substituents is 1. The molecule has 3 rings (SSSR count). The van der Waals surface area contributed by atoms with E-state index in [-0.39, 0.29) is 18.0 Å². The summed E-state index contributed by atoms with van der Waals surface area (Å²) in [7, 11) is 0. The number of anilines is 1. The maximum absolute atomic E-state index is 12.1. The molecule has 0 fully saturated rings. The Balaban J connectivity index is 1.94. The van der Waals surface area contributed by atoms with Gasteiger partial charge < -0.3 is 4.90 Å². The zero-order valence-electron chi connectivity index (χ0n) is 10.8. The fraction of sp³-hybridized carbons (Fsp3) is 0.143. The molecule has 0 atom stereocenters. The molecule has 106 valence electrons. The number of aromatic nitrogens is 1. The fourth-order valence-corrected chi connectivity index (χ4v) is 2.54. The first-order valence-electron chi connectivity index (χ1n) is 6.23. The van der Waals surface area contributed by atoms with Gasteiger partial charge in [-0.1, -0.05) is 17.7 Å². The Kier molecular flexibility index (Phi) is 3.31. The highest BCUT2D eigenvalue weighted by Crippen LogP contribution is 2.33. The molecule has 1 aliphatic heterocycles. The number of hydrogen-bond donors (Lipinski definition) is 0. The van der Waals surface area contributed by atoms with Crippen molar-refractivity contribution in [3.63, 3.8) is 0 Å². The van der Waals surface area contributed by atoms with E-state index in [2.05, 4.69) is 4.98 Å². The van der Waals surface area contributed by atoms with Crippen LogP contribution in [0.4, 0.5) is 11.4 Å². The van der Waals surface area contributed by atoms with Gasteiger partial charge in [0.15, 0.2) is 0 Å². The third-order valence-electron chi connectivity index (χ3n) is 3.37. The number of rotatable bonds is 3. The molecule has 0 bridgehead atoms. The SMILES string of the molecule is O=C1Cc2cc([N+](=O)[O-])ccc2N1Cc1cccnc1Cl. The number of carbonyl (C=O) groups excluding carboxylic acids is 1. The van der Waals surface area contributed by atoms with Crippen molar-refractivity contribution in [3.05, 3.63) is 62.9 Å². The number of hydrogen-bond acceptors (Lipinski definition) is 4. The maximum Gasteiger partial charge on any atom is 0.269 e. The average molecular weight is 304 g/mol. The minimum Gasteiger partial charge on any atom is -0.307 e. The number of amides is 1.